The Kier molecular flexibility index (Phi) is 4.76. The minimum atomic E-state index is -0.978. The monoisotopic (exact) mass is 355 g/mol. The van der Waals surface area contributed by atoms with Crippen LogP contribution in [-0.4, -0.2) is 44.7 Å². The molecule has 2 heterocycles. The van der Waals surface area contributed by atoms with Crippen LogP contribution in [0.3, 0.4) is 0 Å². The average Bonchev–Trinajstić information content (AvgIpc) is 3.40. The minimum absolute atomic E-state index is 0.0937. The van der Waals surface area contributed by atoms with E-state index in [1.165, 1.54) is 0 Å². The van der Waals surface area contributed by atoms with Gasteiger partial charge in [-0.1, -0.05) is 35.5 Å². The summed E-state index contributed by atoms with van der Waals surface area (Å²) in [5.74, 6) is 1.77. The van der Waals surface area contributed by atoms with Crippen molar-refractivity contribution < 1.29 is 14.4 Å². The van der Waals surface area contributed by atoms with Gasteiger partial charge in [0.2, 0.25) is 11.8 Å². The largest absolute Gasteiger partial charge is 0.388 e. The highest BCUT2D eigenvalue weighted by atomic mass is 16.5. The number of hydrogen-bond donors (Lipinski definition) is 1. The number of benzene rings is 1. The quantitative estimate of drug-likeness (QED) is 0.861. The lowest BCUT2D eigenvalue weighted by molar-refractivity contribution is -0.138. The lowest BCUT2D eigenvalue weighted by Gasteiger charge is -2.38. The zero-order valence-corrected chi connectivity index (χ0v) is 14.9. The number of nitrogens with zero attached hydrogens (tertiary/aromatic N) is 3. The molecule has 1 saturated heterocycles. The SMILES string of the molecule is O=C(CCc1ccccc1)N1CCCC(O)(Cc2nc(C3CC3)no2)C1. The van der Waals surface area contributed by atoms with E-state index in [1.54, 1.807) is 4.90 Å². The molecular formula is C20H25N3O3. The van der Waals surface area contributed by atoms with Gasteiger partial charge in [-0.3, -0.25) is 4.79 Å². The maximum atomic E-state index is 12.6. The van der Waals surface area contributed by atoms with Gasteiger partial charge in [-0.05, 0) is 37.7 Å². The van der Waals surface area contributed by atoms with E-state index in [4.69, 9.17) is 4.52 Å². The fourth-order valence-electron chi connectivity index (χ4n) is 3.65. The van der Waals surface area contributed by atoms with Crippen molar-refractivity contribution >= 4 is 5.91 Å². The summed E-state index contributed by atoms with van der Waals surface area (Å²) in [4.78, 5) is 18.8. The molecule has 1 aliphatic heterocycles. The van der Waals surface area contributed by atoms with Crippen LogP contribution in [-0.2, 0) is 17.6 Å². The maximum Gasteiger partial charge on any atom is 0.229 e. The Balaban J connectivity index is 1.33. The number of carbonyl (C=O) groups excluding carboxylic acids is 1. The molecule has 1 aromatic carbocycles. The summed E-state index contributed by atoms with van der Waals surface area (Å²) in [7, 11) is 0. The van der Waals surface area contributed by atoms with Crippen LogP contribution < -0.4 is 0 Å². The highest BCUT2D eigenvalue weighted by Gasteiger charge is 2.37. The van der Waals surface area contributed by atoms with Crippen LogP contribution in [0.1, 0.15) is 55.3 Å². The standard InChI is InChI=1S/C20H25N3O3/c24-18(10-7-15-5-2-1-3-6-15)23-12-4-11-20(25,14-23)13-17-21-19(22-26-17)16-8-9-16/h1-3,5-6,16,25H,4,7-14H2. The number of aryl methyl sites for hydroxylation is 1. The van der Waals surface area contributed by atoms with Gasteiger partial charge in [0, 0.05) is 25.4 Å². The van der Waals surface area contributed by atoms with Gasteiger partial charge in [-0.2, -0.15) is 4.98 Å². The highest BCUT2D eigenvalue weighted by molar-refractivity contribution is 5.76. The third kappa shape index (κ3) is 4.12. The molecule has 1 aliphatic carbocycles. The molecule has 138 valence electrons. The van der Waals surface area contributed by atoms with Crippen LogP contribution in [0.5, 0.6) is 0 Å². The number of piperidine rings is 1. The summed E-state index contributed by atoms with van der Waals surface area (Å²) in [5, 5.41) is 15.0. The second-order valence-corrected chi connectivity index (χ2v) is 7.63. The Labute approximate surface area is 153 Å². The van der Waals surface area contributed by atoms with Crippen LogP contribution in [0.2, 0.25) is 0 Å². The average molecular weight is 355 g/mol. The molecule has 0 spiro atoms. The summed E-state index contributed by atoms with van der Waals surface area (Å²) >= 11 is 0. The van der Waals surface area contributed by atoms with Gasteiger partial charge in [0.15, 0.2) is 5.82 Å². The van der Waals surface area contributed by atoms with Gasteiger partial charge in [-0.25, -0.2) is 0 Å². The molecule has 4 rings (SSSR count). The topological polar surface area (TPSA) is 79.5 Å². The number of aliphatic hydroxyl groups is 1. The molecule has 26 heavy (non-hydrogen) atoms. The number of likely N-dealkylation sites (tertiary alicyclic amines) is 1. The van der Waals surface area contributed by atoms with E-state index in [1.807, 2.05) is 30.3 Å². The van der Waals surface area contributed by atoms with E-state index < -0.39 is 5.60 Å². The summed E-state index contributed by atoms with van der Waals surface area (Å²) in [6, 6.07) is 10.0. The van der Waals surface area contributed by atoms with E-state index in [-0.39, 0.29) is 5.91 Å². The van der Waals surface area contributed by atoms with Crippen molar-refractivity contribution in [2.24, 2.45) is 0 Å². The molecule has 6 heteroatoms. The third-order valence-electron chi connectivity index (χ3n) is 5.28. The fourth-order valence-corrected chi connectivity index (χ4v) is 3.65. The molecular weight excluding hydrogens is 330 g/mol. The Bertz CT molecular complexity index is 757. The third-order valence-corrected chi connectivity index (χ3v) is 5.28. The van der Waals surface area contributed by atoms with Crippen LogP contribution in [0.4, 0.5) is 0 Å². The van der Waals surface area contributed by atoms with Crippen LogP contribution >= 0.6 is 0 Å². The molecule has 2 fully saturated rings. The molecule has 1 saturated carbocycles. The van der Waals surface area contributed by atoms with Gasteiger partial charge in [0.25, 0.3) is 0 Å². The second kappa shape index (κ2) is 7.19. The lowest BCUT2D eigenvalue weighted by Crippen LogP contribution is -2.51. The van der Waals surface area contributed by atoms with Crippen LogP contribution in [0.25, 0.3) is 0 Å². The van der Waals surface area contributed by atoms with Crippen LogP contribution in [0.15, 0.2) is 34.9 Å². The van der Waals surface area contributed by atoms with Crippen molar-refractivity contribution in [2.45, 2.75) is 56.5 Å². The zero-order chi connectivity index (χ0) is 18.0. The van der Waals surface area contributed by atoms with E-state index >= 15 is 0 Å². The molecule has 0 bridgehead atoms. The van der Waals surface area contributed by atoms with Crippen molar-refractivity contribution in [3.05, 3.63) is 47.6 Å². The molecule has 2 aliphatic rings. The van der Waals surface area contributed by atoms with E-state index in [9.17, 15) is 9.90 Å². The molecule has 6 nitrogen and oxygen atoms in total. The predicted octanol–water partition coefficient (Wildman–Crippen LogP) is 2.48. The lowest BCUT2D eigenvalue weighted by atomic mass is 9.89. The van der Waals surface area contributed by atoms with Gasteiger partial charge < -0.3 is 14.5 Å². The van der Waals surface area contributed by atoms with Crippen molar-refractivity contribution in [1.29, 1.82) is 0 Å². The minimum Gasteiger partial charge on any atom is -0.388 e. The van der Waals surface area contributed by atoms with Crippen LogP contribution in [0, 0.1) is 0 Å². The fraction of sp³-hybridized carbons (Fsp3) is 0.550. The number of rotatable bonds is 6. The molecule has 1 amide bonds. The van der Waals surface area contributed by atoms with E-state index in [0.29, 0.717) is 44.2 Å². The number of amides is 1. The van der Waals surface area contributed by atoms with Gasteiger partial charge >= 0.3 is 0 Å². The first kappa shape index (κ1) is 17.2. The Hall–Kier alpha value is -2.21. The van der Waals surface area contributed by atoms with Crippen molar-refractivity contribution in [2.75, 3.05) is 13.1 Å². The molecule has 1 aromatic heterocycles. The summed E-state index contributed by atoms with van der Waals surface area (Å²) in [5.41, 5.74) is 0.181. The first-order valence-electron chi connectivity index (χ1n) is 9.48. The number of aromatic nitrogens is 2. The van der Waals surface area contributed by atoms with Crippen molar-refractivity contribution in [1.82, 2.24) is 15.0 Å². The van der Waals surface area contributed by atoms with Gasteiger partial charge in [0.05, 0.1) is 12.0 Å². The summed E-state index contributed by atoms with van der Waals surface area (Å²) in [6.45, 7) is 1.04. The molecule has 1 unspecified atom stereocenters. The number of β-amino-alcohol motifs (C(OH)–C–C–N with tert-alkyl or cyclic N) is 1. The summed E-state index contributed by atoms with van der Waals surface area (Å²) < 4.78 is 5.31. The molecule has 2 aromatic rings. The Morgan fingerprint density at radius 1 is 1.31 bits per heavy atom. The highest BCUT2D eigenvalue weighted by Crippen LogP contribution is 2.38. The van der Waals surface area contributed by atoms with Gasteiger partial charge in [0.1, 0.15) is 0 Å². The molecule has 1 N–H and O–H groups in total. The first-order valence-corrected chi connectivity index (χ1v) is 9.48. The normalized spacial score (nSPS) is 23.2. The first-order chi connectivity index (χ1) is 12.6. The maximum absolute atomic E-state index is 12.6. The molecule has 0 radical (unpaired) electrons. The Morgan fingerprint density at radius 3 is 2.88 bits per heavy atom. The predicted molar refractivity (Wildman–Crippen MR) is 95.5 cm³/mol. The summed E-state index contributed by atoms with van der Waals surface area (Å²) in [6.07, 6.45) is 5.18. The Morgan fingerprint density at radius 2 is 2.12 bits per heavy atom. The van der Waals surface area contributed by atoms with E-state index in [0.717, 1.165) is 37.1 Å². The smallest absolute Gasteiger partial charge is 0.229 e. The van der Waals surface area contributed by atoms with Gasteiger partial charge in [-0.15, -0.1) is 0 Å². The molecule has 1 atom stereocenters. The van der Waals surface area contributed by atoms with Crippen molar-refractivity contribution in [3.8, 4) is 0 Å². The van der Waals surface area contributed by atoms with E-state index in [2.05, 4.69) is 10.1 Å². The second-order valence-electron chi connectivity index (χ2n) is 7.63. The number of carbonyl (C=O) groups is 1. The van der Waals surface area contributed by atoms with Crippen molar-refractivity contribution in [3.63, 3.8) is 0 Å². The zero-order valence-electron chi connectivity index (χ0n) is 14.9. The number of hydrogen-bond acceptors (Lipinski definition) is 5.